The Balaban J connectivity index is 1.88. The van der Waals surface area contributed by atoms with Crippen molar-refractivity contribution in [3.63, 3.8) is 0 Å². The predicted octanol–water partition coefficient (Wildman–Crippen LogP) is 1.15. The molecule has 114 valence electrons. The molecular formula is C14H25N3O3. The Labute approximate surface area is 119 Å². The van der Waals surface area contributed by atoms with Gasteiger partial charge in [-0.05, 0) is 25.7 Å². The van der Waals surface area contributed by atoms with E-state index in [2.05, 4.69) is 5.32 Å². The van der Waals surface area contributed by atoms with Crippen LogP contribution in [0.1, 0.15) is 44.9 Å². The van der Waals surface area contributed by atoms with Gasteiger partial charge in [0, 0.05) is 25.7 Å². The predicted molar refractivity (Wildman–Crippen MR) is 75.3 cm³/mol. The molecule has 20 heavy (non-hydrogen) atoms. The van der Waals surface area contributed by atoms with Crippen LogP contribution in [-0.2, 0) is 4.79 Å². The van der Waals surface area contributed by atoms with Gasteiger partial charge in [0.2, 0.25) is 0 Å². The van der Waals surface area contributed by atoms with Crippen molar-refractivity contribution < 1.29 is 14.7 Å². The van der Waals surface area contributed by atoms with Crippen LogP contribution in [0.3, 0.4) is 0 Å². The van der Waals surface area contributed by atoms with E-state index in [1.807, 2.05) is 0 Å². The maximum atomic E-state index is 12.1. The molecule has 2 amide bonds. The molecule has 2 aliphatic rings. The number of nitrogens with two attached hydrogens (primary N) is 1. The van der Waals surface area contributed by atoms with Gasteiger partial charge < -0.3 is 21.1 Å². The molecule has 2 fully saturated rings. The fourth-order valence-corrected chi connectivity index (χ4v) is 3.25. The zero-order valence-corrected chi connectivity index (χ0v) is 11.9. The number of nitrogens with one attached hydrogen (secondary N) is 1. The third-order valence-electron chi connectivity index (χ3n) is 4.59. The summed E-state index contributed by atoms with van der Waals surface area (Å²) in [5.41, 5.74) is 5.09. The molecular weight excluding hydrogens is 258 g/mol. The van der Waals surface area contributed by atoms with Gasteiger partial charge in [0.25, 0.3) is 0 Å². The Morgan fingerprint density at radius 2 is 1.95 bits per heavy atom. The highest BCUT2D eigenvalue weighted by molar-refractivity contribution is 5.78. The summed E-state index contributed by atoms with van der Waals surface area (Å²) in [4.78, 5) is 25.4. The fraction of sp³-hybridized carbons (Fsp3) is 0.857. The van der Waals surface area contributed by atoms with Crippen LogP contribution in [0.25, 0.3) is 0 Å². The number of urea groups is 1. The van der Waals surface area contributed by atoms with Crippen LogP contribution in [0.5, 0.6) is 0 Å². The maximum absolute atomic E-state index is 12.1. The summed E-state index contributed by atoms with van der Waals surface area (Å²) in [5, 5.41) is 12.3. The topological polar surface area (TPSA) is 95.7 Å². The molecule has 1 aliphatic carbocycles. The number of carbonyl (C=O) groups excluding carboxylic acids is 1. The Morgan fingerprint density at radius 3 is 2.55 bits per heavy atom. The maximum Gasteiger partial charge on any atom is 0.317 e. The largest absolute Gasteiger partial charge is 0.481 e. The Bertz CT molecular complexity index is 367. The molecule has 0 aromatic rings. The van der Waals surface area contributed by atoms with Crippen LogP contribution in [0.2, 0.25) is 0 Å². The van der Waals surface area contributed by atoms with Crippen molar-refractivity contribution in [2.45, 2.75) is 51.0 Å². The zero-order valence-electron chi connectivity index (χ0n) is 11.9. The van der Waals surface area contributed by atoms with Gasteiger partial charge in [0.15, 0.2) is 0 Å². The highest BCUT2D eigenvalue weighted by Crippen LogP contribution is 2.36. The quantitative estimate of drug-likeness (QED) is 0.724. The van der Waals surface area contributed by atoms with Crippen LogP contribution in [-0.4, -0.2) is 47.7 Å². The van der Waals surface area contributed by atoms with E-state index in [0.717, 1.165) is 32.1 Å². The van der Waals surface area contributed by atoms with Gasteiger partial charge in [-0.15, -0.1) is 0 Å². The number of piperidine rings is 1. The molecule has 2 rings (SSSR count). The third kappa shape index (κ3) is 3.42. The summed E-state index contributed by atoms with van der Waals surface area (Å²) < 4.78 is 0. The molecule has 1 saturated heterocycles. The molecule has 1 saturated carbocycles. The molecule has 1 atom stereocenters. The van der Waals surface area contributed by atoms with Crippen molar-refractivity contribution in [1.82, 2.24) is 10.2 Å². The molecule has 1 heterocycles. The molecule has 4 N–H and O–H groups in total. The lowest BCUT2D eigenvalue weighted by atomic mass is 9.74. The lowest BCUT2D eigenvalue weighted by Gasteiger charge is -2.35. The monoisotopic (exact) mass is 283 g/mol. The second-order valence-corrected chi connectivity index (χ2v) is 6.15. The van der Waals surface area contributed by atoms with Crippen molar-refractivity contribution >= 4 is 12.0 Å². The SMILES string of the molecule is NC1CCCN(C(=O)NCC2(C(=O)O)CCCCC2)C1. The van der Waals surface area contributed by atoms with Gasteiger partial charge >= 0.3 is 12.0 Å². The van der Waals surface area contributed by atoms with E-state index in [9.17, 15) is 14.7 Å². The highest BCUT2D eigenvalue weighted by atomic mass is 16.4. The van der Waals surface area contributed by atoms with E-state index < -0.39 is 11.4 Å². The number of hydrogen-bond donors (Lipinski definition) is 3. The van der Waals surface area contributed by atoms with Gasteiger partial charge in [-0.25, -0.2) is 4.79 Å². The number of likely N-dealkylation sites (tertiary alicyclic amines) is 1. The first kappa shape index (κ1) is 15.1. The van der Waals surface area contributed by atoms with E-state index in [-0.39, 0.29) is 18.6 Å². The van der Waals surface area contributed by atoms with E-state index in [1.165, 1.54) is 0 Å². The number of rotatable bonds is 3. The summed E-state index contributed by atoms with van der Waals surface area (Å²) in [6.07, 6.45) is 6.11. The van der Waals surface area contributed by atoms with Gasteiger partial charge in [-0.2, -0.15) is 0 Å². The average Bonchev–Trinajstić information content (AvgIpc) is 2.45. The molecule has 6 heteroatoms. The van der Waals surface area contributed by atoms with E-state index in [0.29, 0.717) is 25.9 Å². The number of nitrogens with zero attached hydrogens (tertiary/aromatic N) is 1. The van der Waals surface area contributed by atoms with Gasteiger partial charge in [0.1, 0.15) is 0 Å². The molecule has 0 radical (unpaired) electrons. The zero-order chi connectivity index (χ0) is 14.6. The van der Waals surface area contributed by atoms with Crippen LogP contribution in [0, 0.1) is 5.41 Å². The first-order valence-corrected chi connectivity index (χ1v) is 7.55. The van der Waals surface area contributed by atoms with Crippen LogP contribution >= 0.6 is 0 Å². The molecule has 0 aromatic carbocycles. The second-order valence-electron chi connectivity index (χ2n) is 6.15. The summed E-state index contributed by atoms with van der Waals surface area (Å²) in [5.74, 6) is -0.784. The molecule has 1 unspecified atom stereocenters. The van der Waals surface area contributed by atoms with Gasteiger partial charge in [-0.1, -0.05) is 19.3 Å². The summed E-state index contributed by atoms with van der Waals surface area (Å²) in [7, 11) is 0. The number of amides is 2. The van der Waals surface area contributed by atoms with Crippen molar-refractivity contribution in [2.24, 2.45) is 11.1 Å². The van der Waals surface area contributed by atoms with Gasteiger partial charge in [-0.3, -0.25) is 4.79 Å². The Kier molecular flexibility index (Phi) is 4.86. The third-order valence-corrected chi connectivity index (χ3v) is 4.59. The molecule has 0 aromatic heterocycles. The minimum Gasteiger partial charge on any atom is -0.481 e. The number of carboxylic acid groups (broad SMARTS) is 1. The number of carbonyl (C=O) groups is 2. The van der Waals surface area contributed by atoms with Crippen LogP contribution in [0.4, 0.5) is 4.79 Å². The van der Waals surface area contributed by atoms with E-state index in [4.69, 9.17) is 5.73 Å². The smallest absolute Gasteiger partial charge is 0.317 e. The Morgan fingerprint density at radius 1 is 1.25 bits per heavy atom. The van der Waals surface area contributed by atoms with E-state index in [1.54, 1.807) is 4.90 Å². The first-order valence-electron chi connectivity index (χ1n) is 7.55. The minimum absolute atomic E-state index is 0.0395. The minimum atomic E-state index is -0.784. The van der Waals surface area contributed by atoms with Crippen molar-refractivity contribution in [3.05, 3.63) is 0 Å². The summed E-state index contributed by atoms with van der Waals surface area (Å²) in [6.45, 7) is 1.50. The second kappa shape index (κ2) is 6.43. The van der Waals surface area contributed by atoms with E-state index >= 15 is 0 Å². The van der Waals surface area contributed by atoms with Crippen LogP contribution < -0.4 is 11.1 Å². The molecule has 1 aliphatic heterocycles. The first-order chi connectivity index (χ1) is 9.53. The average molecular weight is 283 g/mol. The summed E-state index contributed by atoms with van der Waals surface area (Å²) >= 11 is 0. The lowest BCUT2D eigenvalue weighted by molar-refractivity contribution is -0.150. The fourth-order valence-electron chi connectivity index (χ4n) is 3.25. The molecule has 0 spiro atoms. The Hall–Kier alpha value is -1.30. The normalized spacial score (nSPS) is 26.1. The van der Waals surface area contributed by atoms with Crippen molar-refractivity contribution in [3.8, 4) is 0 Å². The lowest BCUT2D eigenvalue weighted by Crippen LogP contribution is -2.52. The van der Waals surface area contributed by atoms with Crippen molar-refractivity contribution in [2.75, 3.05) is 19.6 Å². The highest BCUT2D eigenvalue weighted by Gasteiger charge is 2.40. The molecule has 6 nitrogen and oxygen atoms in total. The summed E-state index contributed by atoms with van der Waals surface area (Å²) in [6, 6.07) is -0.135. The number of carboxylic acids is 1. The standard InChI is InChI=1S/C14H25N3O3/c15-11-5-4-8-17(9-11)13(20)16-10-14(12(18)19)6-2-1-3-7-14/h11H,1-10,15H2,(H,16,20)(H,18,19). The van der Waals surface area contributed by atoms with Gasteiger partial charge in [0.05, 0.1) is 5.41 Å². The number of aliphatic carboxylic acids is 1. The van der Waals surface area contributed by atoms with Crippen molar-refractivity contribution in [1.29, 1.82) is 0 Å². The van der Waals surface area contributed by atoms with Crippen LogP contribution in [0.15, 0.2) is 0 Å². The number of hydrogen-bond acceptors (Lipinski definition) is 3. The molecule has 0 bridgehead atoms.